The third kappa shape index (κ3) is 4.16. The molecule has 6 nitrogen and oxygen atoms in total. The van der Waals surface area contributed by atoms with Gasteiger partial charge >= 0.3 is 0 Å². The van der Waals surface area contributed by atoms with E-state index in [0.717, 1.165) is 24.1 Å². The Morgan fingerprint density at radius 1 is 1.17 bits per heavy atom. The van der Waals surface area contributed by atoms with E-state index in [1.54, 1.807) is 18.2 Å². The molecule has 1 saturated heterocycles. The van der Waals surface area contributed by atoms with E-state index in [2.05, 4.69) is 17.6 Å². The van der Waals surface area contributed by atoms with Gasteiger partial charge in [-0.25, -0.2) is 8.42 Å². The summed E-state index contributed by atoms with van der Waals surface area (Å²) in [7, 11) is -3.25. The smallest absolute Gasteiger partial charge is 0.252 e. The summed E-state index contributed by atoms with van der Waals surface area (Å²) in [5.41, 5.74) is 2.70. The van der Waals surface area contributed by atoms with Gasteiger partial charge in [-0.05, 0) is 61.2 Å². The highest BCUT2D eigenvalue weighted by atomic mass is 32.2. The van der Waals surface area contributed by atoms with Gasteiger partial charge < -0.3 is 15.4 Å². The monoisotopic (exact) mass is 414 g/mol. The summed E-state index contributed by atoms with van der Waals surface area (Å²) in [4.78, 5) is 12.3. The molecule has 3 unspecified atom stereocenters. The van der Waals surface area contributed by atoms with E-state index in [9.17, 15) is 13.2 Å². The number of rotatable bonds is 5. The number of hydrogen-bond donors (Lipinski definition) is 2. The second-order valence-electron chi connectivity index (χ2n) is 7.96. The molecule has 0 aliphatic carbocycles. The number of sulfone groups is 1. The van der Waals surface area contributed by atoms with Gasteiger partial charge in [0.15, 0.2) is 9.84 Å². The van der Waals surface area contributed by atoms with Gasteiger partial charge in [0.05, 0.1) is 11.5 Å². The Bertz CT molecular complexity index is 1030. The molecule has 2 aliphatic rings. The molecule has 2 aliphatic heterocycles. The van der Waals surface area contributed by atoms with E-state index < -0.39 is 9.84 Å². The molecule has 1 fully saturated rings. The Labute approximate surface area is 171 Å². The van der Waals surface area contributed by atoms with E-state index in [0.29, 0.717) is 29.4 Å². The quantitative estimate of drug-likeness (QED) is 0.785. The molecule has 2 aromatic rings. The second-order valence-corrected chi connectivity index (χ2v) is 9.97. The van der Waals surface area contributed by atoms with Crippen LogP contribution in [-0.2, 0) is 16.4 Å². The van der Waals surface area contributed by atoms with Crippen molar-refractivity contribution in [3.63, 3.8) is 0 Å². The Morgan fingerprint density at radius 2 is 2.00 bits per heavy atom. The first kappa shape index (κ1) is 19.9. The van der Waals surface area contributed by atoms with Gasteiger partial charge in [-0.3, -0.25) is 4.79 Å². The van der Waals surface area contributed by atoms with Crippen LogP contribution in [0.1, 0.15) is 40.7 Å². The van der Waals surface area contributed by atoms with Crippen molar-refractivity contribution in [1.82, 2.24) is 10.6 Å². The minimum Gasteiger partial charge on any atom is -0.493 e. The summed E-state index contributed by atoms with van der Waals surface area (Å²) in [6.07, 6.45) is 2.15. The lowest BCUT2D eigenvalue weighted by Gasteiger charge is -2.37. The number of carbonyl (C=O) groups excluding carboxylic acids is 1. The summed E-state index contributed by atoms with van der Waals surface area (Å²) in [5, 5.41) is 6.32. The predicted molar refractivity (Wildman–Crippen MR) is 111 cm³/mol. The number of fused-ring (bicyclic) bond motifs is 1. The highest BCUT2D eigenvalue weighted by molar-refractivity contribution is 7.90. The van der Waals surface area contributed by atoms with Crippen LogP contribution in [0.15, 0.2) is 47.4 Å². The highest BCUT2D eigenvalue weighted by Crippen LogP contribution is 2.35. The SMILES string of the molecule is CC1NCCC(c2cccc(S(C)(=O)=O)c2)C1COc1ccc2c(c1)C(=O)NC2. The normalized spacial score (nSPS) is 24.1. The maximum absolute atomic E-state index is 12.0. The number of nitrogens with one attached hydrogen (secondary N) is 2. The summed E-state index contributed by atoms with van der Waals surface area (Å²) in [6.45, 7) is 4.07. The highest BCUT2D eigenvalue weighted by Gasteiger charge is 2.33. The van der Waals surface area contributed by atoms with E-state index in [1.165, 1.54) is 6.26 Å². The largest absolute Gasteiger partial charge is 0.493 e. The van der Waals surface area contributed by atoms with Crippen molar-refractivity contribution in [3.8, 4) is 5.75 Å². The van der Waals surface area contributed by atoms with Gasteiger partial charge in [0, 0.05) is 30.3 Å². The fourth-order valence-corrected chi connectivity index (χ4v) is 4.98. The lowest BCUT2D eigenvalue weighted by atomic mass is 9.77. The van der Waals surface area contributed by atoms with Crippen LogP contribution in [0, 0.1) is 5.92 Å². The molecule has 2 N–H and O–H groups in total. The Morgan fingerprint density at radius 3 is 2.79 bits per heavy atom. The first-order chi connectivity index (χ1) is 13.8. The number of benzene rings is 2. The van der Waals surface area contributed by atoms with Crippen LogP contribution in [0.5, 0.6) is 5.75 Å². The molecule has 3 atom stereocenters. The van der Waals surface area contributed by atoms with Crippen molar-refractivity contribution in [2.24, 2.45) is 5.92 Å². The fraction of sp³-hybridized carbons (Fsp3) is 0.409. The van der Waals surface area contributed by atoms with Crippen LogP contribution >= 0.6 is 0 Å². The van der Waals surface area contributed by atoms with Crippen molar-refractivity contribution in [2.75, 3.05) is 19.4 Å². The minimum absolute atomic E-state index is 0.0615. The number of carbonyl (C=O) groups is 1. The topological polar surface area (TPSA) is 84.5 Å². The van der Waals surface area contributed by atoms with Crippen molar-refractivity contribution in [2.45, 2.75) is 36.7 Å². The van der Waals surface area contributed by atoms with Crippen LogP contribution in [0.4, 0.5) is 0 Å². The number of ether oxygens (including phenoxy) is 1. The van der Waals surface area contributed by atoms with Crippen LogP contribution in [0.25, 0.3) is 0 Å². The van der Waals surface area contributed by atoms with Gasteiger partial charge in [0.1, 0.15) is 5.75 Å². The summed E-state index contributed by atoms with van der Waals surface area (Å²) in [5.74, 6) is 1.00. The summed E-state index contributed by atoms with van der Waals surface area (Å²) < 4.78 is 30.0. The molecule has 0 spiro atoms. The number of amides is 1. The Kier molecular flexibility index (Phi) is 5.36. The lowest BCUT2D eigenvalue weighted by Crippen LogP contribution is -2.45. The lowest BCUT2D eigenvalue weighted by molar-refractivity contribution is 0.0965. The molecule has 0 saturated carbocycles. The zero-order valence-electron chi connectivity index (χ0n) is 16.6. The van der Waals surface area contributed by atoms with Crippen LogP contribution in [-0.4, -0.2) is 39.8 Å². The molecule has 2 heterocycles. The van der Waals surface area contributed by atoms with E-state index in [1.807, 2.05) is 24.3 Å². The van der Waals surface area contributed by atoms with E-state index in [-0.39, 0.29) is 23.8 Å². The standard InChI is InChI=1S/C22H26N2O4S/c1-14-21(13-28-17-7-6-16-12-24-22(25)20(16)11-17)19(8-9-23-14)15-4-3-5-18(10-15)29(2,26)27/h3-7,10-11,14,19,21,23H,8-9,12-13H2,1-2H3,(H,24,25). The third-order valence-electron chi connectivity index (χ3n) is 6.00. The maximum atomic E-state index is 12.0. The molecule has 4 rings (SSSR count). The predicted octanol–water partition coefficient (Wildman–Crippen LogP) is 2.49. The molecule has 0 radical (unpaired) electrons. The van der Waals surface area contributed by atoms with Crippen molar-refractivity contribution in [3.05, 3.63) is 59.2 Å². The van der Waals surface area contributed by atoms with Crippen molar-refractivity contribution >= 4 is 15.7 Å². The number of hydrogen-bond acceptors (Lipinski definition) is 5. The molecule has 0 aromatic heterocycles. The zero-order chi connectivity index (χ0) is 20.6. The molecule has 2 aromatic carbocycles. The van der Waals surface area contributed by atoms with Crippen LogP contribution in [0.3, 0.4) is 0 Å². The molecule has 1 amide bonds. The maximum Gasteiger partial charge on any atom is 0.252 e. The molecule has 7 heteroatoms. The molecular weight excluding hydrogens is 388 g/mol. The third-order valence-corrected chi connectivity index (χ3v) is 7.11. The fourth-order valence-electron chi connectivity index (χ4n) is 4.30. The van der Waals surface area contributed by atoms with E-state index in [4.69, 9.17) is 4.74 Å². The van der Waals surface area contributed by atoms with Gasteiger partial charge in [0.2, 0.25) is 0 Å². The molecular formula is C22H26N2O4S. The number of piperidine rings is 1. The molecule has 0 bridgehead atoms. The van der Waals surface area contributed by atoms with Crippen molar-refractivity contribution < 1.29 is 17.9 Å². The summed E-state index contributed by atoms with van der Waals surface area (Å²) in [6, 6.07) is 13.1. The first-order valence-electron chi connectivity index (χ1n) is 9.90. The van der Waals surface area contributed by atoms with Gasteiger partial charge in [-0.1, -0.05) is 18.2 Å². The molecule has 154 valence electrons. The van der Waals surface area contributed by atoms with Crippen LogP contribution in [0.2, 0.25) is 0 Å². The van der Waals surface area contributed by atoms with Gasteiger partial charge in [-0.15, -0.1) is 0 Å². The minimum atomic E-state index is -3.25. The van der Waals surface area contributed by atoms with E-state index >= 15 is 0 Å². The second kappa shape index (κ2) is 7.80. The Hall–Kier alpha value is -2.38. The summed E-state index contributed by atoms with van der Waals surface area (Å²) >= 11 is 0. The van der Waals surface area contributed by atoms with Crippen molar-refractivity contribution in [1.29, 1.82) is 0 Å². The Balaban J connectivity index is 1.55. The van der Waals surface area contributed by atoms with Gasteiger partial charge in [0.25, 0.3) is 5.91 Å². The average molecular weight is 415 g/mol. The van der Waals surface area contributed by atoms with Crippen LogP contribution < -0.4 is 15.4 Å². The first-order valence-corrected chi connectivity index (χ1v) is 11.8. The molecule has 29 heavy (non-hydrogen) atoms. The van der Waals surface area contributed by atoms with Gasteiger partial charge in [-0.2, -0.15) is 0 Å². The average Bonchev–Trinajstić information content (AvgIpc) is 3.07. The zero-order valence-corrected chi connectivity index (χ0v) is 17.5.